The molecule has 2 unspecified atom stereocenters. The Labute approximate surface area is 368 Å². The molecule has 0 saturated heterocycles. The Hall–Kier alpha value is -2.29. The Morgan fingerprint density at radius 2 is 0.950 bits per heavy atom. The minimum atomic E-state index is -4.38. The van der Waals surface area contributed by atoms with Crippen LogP contribution in [0.15, 0.2) is 60.8 Å². The van der Waals surface area contributed by atoms with E-state index in [0.29, 0.717) is 17.4 Å². The van der Waals surface area contributed by atoms with Crippen molar-refractivity contribution in [3.63, 3.8) is 0 Å². The first-order valence-corrected chi connectivity index (χ1v) is 25.5. The number of carbonyl (C=O) groups excluding carboxylic acids is 2. The average Bonchev–Trinajstić information content (AvgIpc) is 3.20. The van der Waals surface area contributed by atoms with E-state index in [9.17, 15) is 19.0 Å². The lowest BCUT2D eigenvalue weighted by atomic mass is 10.1. The molecule has 348 valence electrons. The Balaban J connectivity index is 4.32. The first-order valence-electron chi connectivity index (χ1n) is 24.0. The maximum Gasteiger partial charge on any atom is 0.472 e. The number of nitrogens with zero attached hydrogens (tertiary/aromatic N) is 1. The Bertz CT molecular complexity index is 1210. The van der Waals surface area contributed by atoms with Gasteiger partial charge in [-0.05, 0) is 77.0 Å². The first kappa shape index (κ1) is 57.7. The van der Waals surface area contributed by atoms with E-state index in [4.69, 9.17) is 18.5 Å². The van der Waals surface area contributed by atoms with Gasteiger partial charge in [-0.25, -0.2) is 4.57 Å². The summed E-state index contributed by atoms with van der Waals surface area (Å²) in [6, 6.07) is 0. The van der Waals surface area contributed by atoms with E-state index < -0.39 is 26.5 Å². The van der Waals surface area contributed by atoms with Crippen molar-refractivity contribution >= 4 is 19.8 Å². The van der Waals surface area contributed by atoms with Gasteiger partial charge in [0.15, 0.2) is 6.10 Å². The summed E-state index contributed by atoms with van der Waals surface area (Å²) in [6.07, 6.45) is 51.2. The molecule has 0 aromatic rings. The topological polar surface area (TPSA) is 108 Å². The summed E-state index contributed by atoms with van der Waals surface area (Å²) in [5, 5.41) is 0. The molecule has 0 amide bonds. The summed E-state index contributed by atoms with van der Waals surface area (Å²) in [6.45, 7) is 4.29. The van der Waals surface area contributed by atoms with E-state index in [1.165, 1.54) is 70.6 Å². The molecule has 0 spiro atoms. The first-order chi connectivity index (χ1) is 29.0. The molecular formula is C50H91NO8P+. The molecule has 0 bridgehead atoms. The molecule has 60 heavy (non-hydrogen) atoms. The van der Waals surface area contributed by atoms with Gasteiger partial charge in [0.1, 0.15) is 19.8 Å². The van der Waals surface area contributed by atoms with Gasteiger partial charge in [-0.3, -0.25) is 18.6 Å². The van der Waals surface area contributed by atoms with Crippen molar-refractivity contribution in [1.82, 2.24) is 0 Å². The van der Waals surface area contributed by atoms with Gasteiger partial charge >= 0.3 is 19.8 Å². The number of allylic oxidation sites excluding steroid dienone is 10. The summed E-state index contributed by atoms with van der Waals surface area (Å²) in [7, 11) is 1.46. The number of quaternary nitrogens is 1. The van der Waals surface area contributed by atoms with Gasteiger partial charge in [-0.15, -0.1) is 0 Å². The molecule has 9 nitrogen and oxygen atoms in total. The van der Waals surface area contributed by atoms with E-state index >= 15 is 0 Å². The molecule has 2 atom stereocenters. The smallest absolute Gasteiger partial charge is 0.462 e. The van der Waals surface area contributed by atoms with Crippen LogP contribution in [0.5, 0.6) is 0 Å². The fraction of sp³-hybridized carbons (Fsp3) is 0.760. The maximum absolute atomic E-state index is 12.7. The third kappa shape index (κ3) is 45.2. The predicted octanol–water partition coefficient (Wildman–Crippen LogP) is 14.0. The lowest BCUT2D eigenvalue weighted by Gasteiger charge is -2.24. The Kier molecular flexibility index (Phi) is 40.4. The van der Waals surface area contributed by atoms with Crippen LogP contribution in [0.2, 0.25) is 0 Å². The zero-order valence-electron chi connectivity index (χ0n) is 39.2. The van der Waals surface area contributed by atoms with Crippen molar-refractivity contribution in [1.29, 1.82) is 0 Å². The number of hydrogen-bond acceptors (Lipinski definition) is 7. The molecule has 0 heterocycles. The van der Waals surface area contributed by atoms with Crippen molar-refractivity contribution in [2.24, 2.45) is 0 Å². The van der Waals surface area contributed by atoms with E-state index in [-0.39, 0.29) is 32.0 Å². The van der Waals surface area contributed by atoms with E-state index in [1.807, 2.05) is 21.1 Å². The fourth-order valence-electron chi connectivity index (χ4n) is 6.29. The van der Waals surface area contributed by atoms with Crippen LogP contribution in [-0.2, 0) is 32.7 Å². The normalized spacial score (nSPS) is 14.0. The van der Waals surface area contributed by atoms with Crippen LogP contribution in [0.3, 0.4) is 0 Å². The van der Waals surface area contributed by atoms with Crippen LogP contribution in [0, 0.1) is 0 Å². The largest absolute Gasteiger partial charge is 0.472 e. The molecule has 0 aliphatic rings. The second-order valence-corrected chi connectivity index (χ2v) is 18.6. The number of unbranched alkanes of at least 4 members (excludes halogenated alkanes) is 19. The van der Waals surface area contributed by atoms with Crippen LogP contribution in [-0.4, -0.2) is 74.9 Å². The number of ether oxygens (including phenoxy) is 2. The second kappa shape index (κ2) is 42.0. The highest BCUT2D eigenvalue weighted by atomic mass is 31.2. The summed E-state index contributed by atoms with van der Waals surface area (Å²) in [4.78, 5) is 35.5. The highest BCUT2D eigenvalue weighted by Crippen LogP contribution is 2.43. The summed E-state index contributed by atoms with van der Waals surface area (Å²) < 4.78 is 34.4. The minimum Gasteiger partial charge on any atom is -0.462 e. The molecule has 0 fully saturated rings. The molecule has 0 saturated carbocycles. The lowest BCUT2D eigenvalue weighted by Crippen LogP contribution is -2.37. The van der Waals surface area contributed by atoms with Gasteiger partial charge in [0, 0.05) is 12.8 Å². The molecule has 0 radical (unpaired) electrons. The summed E-state index contributed by atoms with van der Waals surface area (Å²) in [5.41, 5.74) is 0. The maximum atomic E-state index is 12.7. The van der Waals surface area contributed by atoms with E-state index in [1.54, 1.807) is 0 Å². The lowest BCUT2D eigenvalue weighted by molar-refractivity contribution is -0.870. The Morgan fingerprint density at radius 1 is 0.533 bits per heavy atom. The van der Waals surface area contributed by atoms with Crippen molar-refractivity contribution < 1.29 is 42.1 Å². The number of hydrogen-bond donors (Lipinski definition) is 1. The van der Waals surface area contributed by atoms with Crippen LogP contribution in [0.25, 0.3) is 0 Å². The van der Waals surface area contributed by atoms with Gasteiger partial charge < -0.3 is 18.9 Å². The molecular weight excluding hydrogens is 774 g/mol. The molecule has 0 aromatic heterocycles. The molecule has 0 aromatic carbocycles. The van der Waals surface area contributed by atoms with Crippen LogP contribution in [0.1, 0.15) is 194 Å². The summed E-state index contributed by atoms with van der Waals surface area (Å²) in [5.74, 6) is -0.818. The third-order valence-corrected chi connectivity index (χ3v) is 11.0. The number of likely N-dealkylation sites (N-methyl/N-ethyl adjacent to an activating group) is 1. The minimum absolute atomic E-state index is 0.0265. The van der Waals surface area contributed by atoms with Gasteiger partial charge in [0.25, 0.3) is 0 Å². The monoisotopic (exact) mass is 865 g/mol. The summed E-state index contributed by atoms with van der Waals surface area (Å²) >= 11 is 0. The van der Waals surface area contributed by atoms with Crippen LogP contribution in [0.4, 0.5) is 0 Å². The third-order valence-electron chi connectivity index (χ3n) is 10.0. The molecule has 1 N–H and O–H groups in total. The van der Waals surface area contributed by atoms with Crippen molar-refractivity contribution in [3.8, 4) is 0 Å². The standard InChI is InChI=1S/C50H90NO8P/c1-6-8-10-12-14-16-18-20-22-23-24-25-26-27-29-31-33-35-37-39-41-43-50(53)59-48(47-58-60(54,55)57-45-44-51(3,4)5)46-56-49(52)42-40-38-36-34-32-30-28-21-19-17-15-13-11-9-7-2/h8,10,14,16,20-22,24-25,28,48H,6-7,9,11-13,15,17-19,23,26-27,29-47H2,1-5H3/p+1/b10-8-,16-14-,22-20-,25-24-,28-21-. The Morgan fingerprint density at radius 3 is 1.43 bits per heavy atom. The number of phosphoric acid groups is 1. The van der Waals surface area contributed by atoms with Crippen molar-refractivity contribution in [2.75, 3.05) is 47.5 Å². The quantitative estimate of drug-likeness (QED) is 0.0212. The zero-order chi connectivity index (χ0) is 44.3. The van der Waals surface area contributed by atoms with Crippen molar-refractivity contribution in [3.05, 3.63) is 60.8 Å². The number of esters is 2. The highest BCUT2D eigenvalue weighted by Gasteiger charge is 2.27. The van der Waals surface area contributed by atoms with Crippen LogP contribution < -0.4 is 0 Å². The second-order valence-electron chi connectivity index (χ2n) is 17.1. The molecule has 10 heteroatoms. The SMILES string of the molecule is CC/C=C\C/C=C\C/C=C\C/C=C\CCCCCCCCCCC(=O)OC(COC(=O)CCCCCCC/C=C\CCCCCCCC)COP(=O)(O)OCC[N+](C)(C)C. The number of carbonyl (C=O) groups is 2. The van der Waals surface area contributed by atoms with Gasteiger partial charge in [-0.2, -0.15) is 0 Å². The van der Waals surface area contributed by atoms with Gasteiger partial charge in [0.2, 0.25) is 0 Å². The van der Waals surface area contributed by atoms with Gasteiger partial charge in [0.05, 0.1) is 27.7 Å². The van der Waals surface area contributed by atoms with E-state index in [0.717, 1.165) is 89.9 Å². The zero-order valence-corrected chi connectivity index (χ0v) is 40.1. The number of phosphoric ester groups is 1. The predicted molar refractivity (Wildman–Crippen MR) is 252 cm³/mol. The average molecular weight is 865 g/mol. The molecule has 0 aliphatic carbocycles. The fourth-order valence-corrected chi connectivity index (χ4v) is 7.04. The van der Waals surface area contributed by atoms with E-state index in [2.05, 4.69) is 74.6 Å². The highest BCUT2D eigenvalue weighted by molar-refractivity contribution is 7.47. The molecule has 0 rings (SSSR count). The van der Waals surface area contributed by atoms with Crippen molar-refractivity contribution in [2.45, 2.75) is 200 Å². The number of rotatable bonds is 43. The van der Waals surface area contributed by atoms with Gasteiger partial charge in [-0.1, -0.05) is 164 Å². The van der Waals surface area contributed by atoms with Crippen LogP contribution >= 0.6 is 7.82 Å². The molecule has 0 aliphatic heterocycles.